The van der Waals surface area contributed by atoms with Crippen LogP contribution in [0.25, 0.3) is 0 Å². The average molecular weight is 510 g/mol. The number of halogens is 2. The van der Waals surface area contributed by atoms with Crippen molar-refractivity contribution in [2.75, 3.05) is 0 Å². The highest BCUT2D eigenvalue weighted by Gasteiger charge is 2.21. The maximum atomic E-state index is 11.9. The summed E-state index contributed by atoms with van der Waals surface area (Å²) in [5.74, 6) is 0.0908. The van der Waals surface area contributed by atoms with E-state index in [-0.39, 0.29) is 11.6 Å². The summed E-state index contributed by atoms with van der Waals surface area (Å²) in [6.07, 6.45) is 0.525. The van der Waals surface area contributed by atoms with E-state index in [0.29, 0.717) is 6.42 Å². The third-order valence-corrected chi connectivity index (χ3v) is 5.75. The van der Waals surface area contributed by atoms with Crippen molar-refractivity contribution in [1.29, 1.82) is 0 Å². The van der Waals surface area contributed by atoms with Crippen LogP contribution in [-0.4, -0.2) is 21.5 Å². The van der Waals surface area contributed by atoms with Crippen LogP contribution in [0.1, 0.15) is 57.1 Å². The lowest BCUT2D eigenvalue weighted by Gasteiger charge is -2.04. The van der Waals surface area contributed by atoms with Crippen molar-refractivity contribution in [3.63, 3.8) is 0 Å². The number of Topliss-reactive ketones (excluding diaryl/α,β-unsaturated/α-hetero) is 2. The maximum absolute atomic E-state index is 11.9. The van der Waals surface area contributed by atoms with Gasteiger partial charge < -0.3 is 9.97 Å². The van der Waals surface area contributed by atoms with Gasteiger partial charge in [-0.1, -0.05) is 0 Å². The highest BCUT2D eigenvalue weighted by Crippen LogP contribution is 2.26. The molecule has 2 aromatic rings. The number of aromatic nitrogens is 2. The van der Waals surface area contributed by atoms with E-state index in [2.05, 4.69) is 55.1 Å². The van der Waals surface area contributed by atoms with Crippen LogP contribution in [0, 0.1) is 21.2 Å². The van der Waals surface area contributed by atoms with Crippen LogP contribution in [0.2, 0.25) is 0 Å². The van der Waals surface area contributed by atoms with Gasteiger partial charge in [0.1, 0.15) is 0 Å². The predicted molar refractivity (Wildman–Crippen MR) is 99.3 cm³/mol. The molecule has 0 atom stereocenters. The third-order valence-electron chi connectivity index (χ3n) is 3.59. The molecule has 0 spiro atoms. The molecule has 0 unspecified atom stereocenters. The van der Waals surface area contributed by atoms with Crippen LogP contribution in [-0.2, 0) is 6.42 Å². The van der Waals surface area contributed by atoms with Crippen molar-refractivity contribution in [2.24, 2.45) is 0 Å². The topological polar surface area (TPSA) is 65.7 Å². The Labute approximate surface area is 150 Å². The molecule has 0 bridgehead atoms. The Hall–Kier alpha value is -0.640. The van der Waals surface area contributed by atoms with Crippen LogP contribution in [0.15, 0.2) is 0 Å². The van der Waals surface area contributed by atoms with Crippen LogP contribution in [0.5, 0.6) is 0 Å². The number of H-pyrrole nitrogens is 2. The number of hydrogen-bond donors (Lipinski definition) is 2. The van der Waals surface area contributed by atoms with Gasteiger partial charge >= 0.3 is 0 Å². The second kappa shape index (κ2) is 6.23. The van der Waals surface area contributed by atoms with E-state index >= 15 is 0 Å². The molecule has 0 radical (unpaired) electrons. The Kier molecular flexibility index (Phi) is 4.96. The summed E-state index contributed by atoms with van der Waals surface area (Å²) < 4.78 is 1.94. The molecule has 2 heterocycles. The Morgan fingerprint density at radius 2 is 1.19 bits per heavy atom. The fraction of sp³-hybridized carbons (Fsp3) is 0.333. The van der Waals surface area contributed by atoms with Gasteiger partial charge in [-0.05, 0) is 84.0 Å². The molecule has 0 saturated heterocycles. The fourth-order valence-corrected chi connectivity index (χ4v) is 3.84. The first-order chi connectivity index (χ1) is 9.73. The minimum absolute atomic E-state index is 0.0454. The average Bonchev–Trinajstić information content (AvgIpc) is 2.78. The molecule has 112 valence electrons. The van der Waals surface area contributed by atoms with Crippen molar-refractivity contribution in [2.45, 2.75) is 34.1 Å². The third kappa shape index (κ3) is 3.10. The maximum Gasteiger partial charge on any atom is 0.161 e. The molecule has 0 aliphatic rings. The normalized spacial score (nSPS) is 11.0. The summed E-state index contributed by atoms with van der Waals surface area (Å²) >= 11 is 4.39. The molecule has 0 aromatic carbocycles. The molecular formula is C15H16I2N2O2. The molecule has 0 amide bonds. The van der Waals surface area contributed by atoms with E-state index in [1.54, 1.807) is 13.8 Å². The lowest BCUT2D eigenvalue weighted by atomic mass is 10.0. The highest BCUT2D eigenvalue weighted by atomic mass is 127. The lowest BCUT2D eigenvalue weighted by molar-refractivity contribution is 0.100. The Morgan fingerprint density at radius 3 is 1.48 bits per heavy atom. The van der Waals surface area contributed by atoms with E-state index in [4.69, 9.17) is 0 Å². The first kappa shape index (κ1) is 16.7. The van der Waals surface area contributed by atoms with Gasteiger partial charge in [0.15, 0.2) is 11.6 Å². The molecule has 21 heavy (non-hydrogen) atoms. The van der Waals surface area contributed by atoms with Crippen molar-refractivity contribution in [3.8, 4) is 0 Å². The minimum atomic E-state index is 0.0454. The zero-order valence-electron chi connectivity index (χ0n) is 12.3. The predicted octanol–water partition coefficient (Wildman–Crippen LogP) is 4.16. The van der Waals surface area contributed by atoms with E-state index in [0.717, 1.165) is 41.0 Å². The van der Waals surface area contributed by atoms with E-state index in [9.17, 15) is 9.59 Å². The fourth-order valence-electron chi connectivity index (χ4n) is 2.64. The van der Waals surface area contributed by atoms with Crippen molar-refractivity contribution in [3.05, 3.63) is 41.0 Å². The molecule has 6 heteroatoms. The first-order valence-electron chi connectivity index (χ1n) is 6.49. The molecule has 2 N–H and O–H groups in total. The second-order valence-electron chi connectivity index (χ2n) is 5.12. The monoisotopic (exact) mass is 510 g/mol. The quantitative estimate of drug-likeness (QED) is 0.480. The molecule has 4 nitrogen and oxygen atoms in total. The summed E-state index contributed by atoms with van der Waals surface area (Å²) in [6, 6.07) is 0. The number of rotatable bonds is 4. The van der Waals surface area contributed by atoms with Gasteiger partial charge in [-0.2, -0.15) is 0 Å². The largest absolute Gasteiger partial charge is 0.353 e. The second-order valence-corrected chi connectivity index (χ2v) is 7.28. The van der Waals surface area contributed by atoms with Gasteiger partial charge in [0, 0.05) is 28.9 Å². The van der Waals surface area contributed by atoms with Crippen molar-refractivity contribution in [1.82, 2.24) is 9.97 Å². The summed E-state index contributed by atoms with van der Waals surface area (Å²) in [7, 11) is 0. The number of hydrogen-bond acceptors (Lipinski definition) is 2. The minimum Gasteiger partial charge on any atom is -0.353 e. The van der Waals surface area contributed by atoms with Gasteiger partial charge in [0.25, 0.3) is 0 Å². The van der Waals surface area contributed by atoms with Crippen LogP contribution in [0.4, 0.5) is 0 Å². The van der Waals surface area contributed by atoms with Crippen LogP contribution < -0.4 is 0 Å². The Balaban J connectivity index is 2.54. The first-order valence-corrected chi connectivity index (χ1v) is 8.65. The molecule has 2 aromatic heterocycles. The van der Waals surface area contributed by atoms with Gasteiger partial charge in [-0.3, -0.25) is 9.59 Å². The van der Waals surface area contributed by atoms with Crippen LogP contribution >= 0.6 is 45.2 Å². The summed E-state index contributed by atoms with van der Waals surface area (Å²) in [5, 5.41) is 0. The van der Waals surface area contributed by atoms with E-state index < -0.39 is 0 Å². The Morgan fingerprint density at radius 1 is 0.857 bits per heavy atom. The molecule has 0 aliphatic carbocycles. The smallest absolute Gasteiger partial charge is 0.161 e. The molecule has 0 saturated carbocycles. The zero-order chi connectivity index (χ0) is 15.9. The summed E-state index contributed by atoms with van der Waals surface area (Å²) in [6.45, 7) is 7.03. The number of carbonyl (C=O) groups excluding carboxylic acids is 2. The van der Waals surface area contributed by atoms with Crippen molar-refractivity contribution >= 4 is 56.7 Å². The number of aromatic amines is 2. The van der Waals surface area contributed by atoms with E-state index in [1.807, 2.05) is 13.8 Å². The van der Waals surface area contributed by atoms with Gasteiger partial charge in [0.05, 0.1) is 7.40 Å². The standard InChI is InChI=1S/C15H16I2N2O2/c1-6-12(8(3)20)10(18-14(6)16)5-11-13(9(4)21)7(2)15(17)19-11/h18-19H,5H2,1-4H3. The molecule has 2 rings (SSSR count). The molecular weight excluding hydrogens is 494 g/mol. The Bertz CT molecular complexity index is 679. The molecule has 0 fully saturated rings. The lowest BCUT2D eigenvalue weighted by Crippen LogP contribution is -2.04. The highest BCUT2D eigenvalue weighted by molar-refractivity contribution is 14.1. The molecule has 0 aliphatic heterocycles. The number of ketones is 2. The van der Waals surface area contributed by atoms with Crippen LogP contribution in [0.3, 0.4) is 0 Å². The van der Waals surface area contributed by atoms with Gasteiger partial charge in [0.2, 0.25) is 0 Å². The SMILES string of the molecule is CC(=O)c1c(Cc2[nH]c(I)c(C)c2C(C)=O)[nH]c(I)c1C. The van der Waals surface area contributed by atoms with Gasteiger partial charge in [-0.15, -0.1) is 0 Å². The number of nitrogens with one attached hydrogen (secondary N) is 2. The van der Waals surface area contributed by atoms with E-state index in [1.165, 1.54) is 0 Å². The van der Waals surface area contributed by atoms with Gasteiger partial charge in [-0.25, -0.2) is 0 Å². The summed E-state index contributed by atoms with van der Waals surface area (Å²) in [5.41, 5.74) is 5.14. The number of carbonyl (C=O) groups is 2. The zero-order valence-corrected chi connectivity index (χ0v) is 16.6. The summed E-state index contributed by atoms with van der Waals surface area (Å²) in [4.78, 5) is 30.3. The van der Waals surface area contributed by atoms with Crippen molar-refractivity contribution < 1.29 is 9.59 Å².